The third-order valence-corrected chi connectivity index (χ3v) is 4.62. The smallest absolute Gasteiger partial charge is 0.245 e. The maximum Gasteiger partial charge on any atom is 0.245 e. The number of hydrogen-bond acceptors (Lipinski definition) is 3. The molecule has 0 aliphatic heterocycles. The number of hydrogen-bond donors (Lipinski definition) is 1. The lowest BCUT2D eigenvalue weighted by Gasteiger charge is -2.19. The first-order valence-corrected chi connectivity index (χ1v) is 6.90. The first-order chi connectivity index (χ1) is 7.97. The van der Waals surface area contributed by atoms with Crippen molar-refractivity contribution in [3.63, 3.8) is 0 Å². The van der Waals surface area contributed by atoms with Crippen molar-refractivity contribution >= 4 is 10.0 Å². The molecule has 2 N–H and O–H groups in total. The Hall–Kier alpha value is -0.980. The maximum absolute atomic E-state index is 13.6. The fourth-order valence-corrected chi connectivity index (χ4v) is 3.15. The van der Waals surface area contributed by atoms with Crippen LogP contribution in [0.1, 0.15) is 19.4 Å². The minimum atomic E-state index is -3.76. The molecule has 1 aromatic carbocycles. The van der Waals surface area contributed by atoms with E-state index in [0.29, 0.717) is 18.7 Å². The van der Waals surface area contributed by atoms with Gasteiger partial charge < -0.3 is 5.73 Å². The number of rotatable bonds is 5. The summed E-state index contributed by atoms with van der Waals surface area (Å²) >= 11 is 0. The summed E-state index contributed by atoms with van der Waals surface area (Å²) in [5.74, 6) is -0.742. The van der Waals surface area contributed by atoms with Crippen LogP contribution in [0.5, 0.6) is 0 Å². The standard InChI is InChI=1S/C11H17FN2O2S/c1-3-14(4-2)17(15,16)11-7-9(8-13)5-6-10(11)12/h5-7H,3-4,8,13H2,1-2H3. The molecule has 17 heavy (non-hydrogen) atoms. The lowest BCUT2D eigenvalue weighted by Crippen LogP contribution is -2.31. The van der Waals surface area contributed by atoms with Crippen molar-refractivity contribution < 1.29 is 12.8 Å². The van der Waals surface area contributed by atoms with Crippen molar-refractivity contribution in [2.75, 3.05) is 13.1 Å². The van der Waals surface area contributed by atoms with Crippen molar-refractivity contribution in [2.45, 2.75) is 25.3 Å². The summed E-state index contributed by atoms with van der Waals surface area (Å²) in [5.41, 5.74) is 6.02. The molecular weight excluding hydrogens is 243 g/mol. The summed E-state index contributed by atoms with van der Waals surface area (Å²) in [6.45, 7) is 4.23. The summed E-state index contributed by atoms with van der Waals surface area (Å²) < 4.78 is 39.1. The van der Waals surface area contributed by atoms with E-state index in [1.807, 2.05) is 0 Å². The fourth-order valence-electron chi connectivity index (χ4n) is 1.58. The largest absolute Gasteiger partial charge is 0.326 e. The van der Waals surface area contributed by atoms with Crippen molar-refractivity contribution in [3.05, 3.63) is 29.6 Å². The van der Waals surface area contributed by atoms with Crippen LogP contribution >= 0.6 is 0 Å². The molecule has 0 spiro atoms. The minimum absolute atomic E-state index is 0.182. The molecule has 0 heterocycles. The first kappa shape index (κ1) is 14.1. The van der Waals surface area contributed by atoms with Crippen LogP contribution in [0, 0.1) is 5.82 Å². The predicted octanol–water partition coefficient (Wildman–Crippen LogP) is 1.31. The third-order valence-electron chi connectivity index (χ3n) is 2.55. The van der Waals surface area contributed by atoms with Crippen LogP contribution in [0.3, 0.4) is 0 Å². The predicted molar refractivity (Wildman–Crippen MR) is 64.4 cm³/mol. The molecule has 6 heteroatoms. The fraction of sp³-hybridized carbons (Fsp3) is 0.455. The SMILES string of the molecule is CCN(CC)S(=O)(=O)c1cc(CN)ccc1F. The zero-order chi connectivity index (χ0) is 13.1. The molecule has 1 aromatic rings. The van der Waals surface area contributed by atoms with Gasteiger partial charge in [0.2, 0.25) is 10.0 Å². The molecular formula is C11H17FN2O2S. The molecule has 0 bridgehead atoms. The van der Waals surface area contributed by atoms with E-state index in [1.165, 1.54) is 16.4 Å². The molecule has 0 amide bonds. The molecule has 0 saturated carbocycles. The van der Waals surface area contributed by atoms with Crippen LogP contribution in [0.25, 0.3) is 0 Å². The van der Waals surface area contributed by atoms with E-state index >= 15 is 0 Å². The number of benzene rings is 1. The molecule has 0 saturated heterocycles. The molecule has 0 unspecified atom stereocenters. The lowest BCUT2D eigenvalue weighted by molar-refractivity contribution is 0.440. The second-order valence-electron chi connectivity index (χ2n) is 3.56. The molecule has 0 fully saturated rings. The summed E-state index contributed by atoms with van der Waals surface area (Å²) in [7, 11) is -3.76. The summed E-state index contributed by atoms with van der Waals surface area (Å²) in [5, 5.41) is 0. The van der Waals surface area contributed by atoms with Crippen molar-refractivity contribution in [2.24, 2.45) is 5.73 Å². The van der Waals surface area contributed by atoms with E-state index in [1.54, 1.807) is 13.8 Å². The van der Waals surface area contributed by atoms with Gasteiger partial charge in [-0.25, -0.2) is 12.8 Å². The highest BCUT2D eigenvalue weighted by Gasteiger charge is 2.25. The Bertz CT molecular complexity index is 484. The first-order valence-electron chi connectivity index (χ1n) is 5.46. The Kier molecular flexibility index (Phi) is 4.62. The van der Waals surface area contributed by atoms with Crippen LogP contribution in [0.4, 0.5) is 4.39 Å². The minimum Gasteiger partial charge on any atom is -0.326 e. The van der Waals surface area contributed by atoms with Crippen molar-refractivity contribution in [1.82, 2.24) is 4.31 Å². The lowest BCUT2D eigenvalue weighted by atomic mass is 10.2. The van der Waals surface area contributed by atoms with E-state index in [4.69, 9.17) is 5.73 Å². The molecule has 0 aromatic heterocycles. The second kappa shape index (κ2) is 5.57. The average molecular weight is 260 g/mol. The van der Waals surface area contributed by atoms with Gasteiger partial charge in [0.15, 0.2) is 0 Å². The third kappa shape index (κ3) is 2.83. The summed E-state index contributed by atoms with van der Waals surface area (Å²) in [6.07, 6.45) is 0. The topological polar surface area (TPSA) is 63.4 Å². The quantitative estimate of drug-likeness (QED) is 0.868. The van der Waals surface area contributed by atoms with Gasteiger partial charge in [-0.1, -0.05) is 19.9 Å². The highest BCUT2D eigenvalue weighted by molar-refractivity contribution is 7.89. The zero-order valence-electron chi connectivity index (χ0n) is 9.98. The average Bonchev–Trinajstić information content (AvgIpc) is 2.30. The highest BCUT2D eigenvalue weighted by Crippen LogP contribution is 2.20. The summed E-state index contributed by atoms with van der Waals surface area (Å²) in [4.78, 5) is -0.302. The zero-order valence-corrected chi connectivity index (χ0v) is 10.8. The maximum atomic E-state index is 13.6. The Morgan fingerprint density at radius 3 is 2.35 bits per heavy atom. The number of sulfonamides is 1. The van der Waals surface area contributed by atoms with Gasteiger partial charge in [0, 0.05) is 19.6 Å². The van der Waals surface area contributed by atoms with E-state index in [9.17, 15) is 12.8 Å². The Balaban J connectivity index is 3.31. The van der Waals surface area contributed by atoms with Gasteiger partial charge in [-0.3, -0.25) is 0 Å². The normalized spacial score (nSPS) is 12.1. The van der Waals surface area contributed by atoms with Crippen molar-refractivity contribution in [1.29, 1.82) is 0 Å². The molecule has 0 aliphatic rings. The Labute approximate surface area is 101 Å². The van der Waals surface area contributed by atoms with Gasteiger partial charge in [0.1, 0.15) is 10.7 Å². The van der Waals surface area contributed by atoms with E-state index in [0.717, 1.165) is 6.07 Å². The molecule has 0 atom stereocenters. The van der Waals surface area contributed by atoms with Gasteiger partial charge in [-0.15, -0.1) is 0 Å². The highest BCUT2D eigenvalue weighted by atomic mass is 32.2. The molecule has 1 rings (SSSR count). The molecule has 0 aliphatic carbocycles. The van der Waals surface area contributed by atoms with Crippen LogP contribution in [-0.4, -0.2) is 25.8 Å². The Morgan fingerprint density at radius 1 is 1.29 bits per heavy atom. The van der Waals surface area contributed by atoms with Crippen LogP contribution in [-0.2, 0) is 16.6 Å². The molecule has 96 valence electrons. The second-order valence-corrected chi connectivity index (χ2v) is 5.46. The van der Waals surface area contributed by atoms with Crippen LogP contribution in [0.2, 0.25) is 0 Å². The van der Waals surface area contributed by atoms with E-state index < -0.39 is 15.8 Å². The van der Waals surface area contributed by atoms with Gasteiger partial charge in [-0.2, -0.15) is 4.31 Å². The summed E-state index contributed by atoms with van der Waals surface area (Å²) in [6, 6.07) is 3.91. The Morgan fingerprint density at radius 2 is 1.88 bits per heavy atom. The molecule has 4 nitrogen and oxygen atoms in total. The monoisotopic (exact) mass is 260 g/mol. The molecule has 0 radical (unpaired) electrons. The van der Waals surface area contributed by atoms with Gasteiger partial charge >= 0.3 is 0 Å². The van der Waals surface area contributed by atoms with Crippen LogP contribution in [0.15, 0.2) is 23.1 Å². The van der Waals surface area contributed by atoms with Crippen LogP contribution < -0.4 is 5.73 Å². The van der Waals surface area contributed by atoms with Gasteiger partial charge in [0.05, 0.1) is 0 Å². The number of halogens is 1. The van der Waals surface area contributed by atoms with Gasteiger partial charge in [0.25, 0.3) is 0 Å². The van der Waals surface area contributed by atoms with E-state index in [-0.39, 0.29) is 11.4 Å². The number of nitrogens with two attached hydrogens (primary N) is 1. The number of nitrogens with zero attached hydrogens (tertiary/aromatic N) is 1. The van der Waals surface area contributed by atoms with Gasteiger partial charge in [-0.05, 0) is 17.7 Å². The van der Waals surface area contributed by atoms with Crippen molar-refractivity contribution in [3.8, 4) is 0 Å². The van der Waals surface area contributed by atoms with E-state index in [2.05, 4.69) is 0 Å².